The maximum absolute atomic E-state index is 11.7. The quantitative estimate of drug-likeness (QED) is 0.749. The van der Waals surface area contributed by atoms with Crippen molar-refractivity contribution in [3.8, 4) is 0 Å². The number of amides is 3. The zero-order chi connectivity index (χ0) is 17.5. The summed E-state index contributed by atoms with van der Waals surface area (Å²) in [5, 5.41) is 5.02. The summed E-state index contributed by atoms with van der Waals surface area (Å²) in [7, 11) is 0. The first kappa shape index (κ1) is 17.8. The minimum Gasteiger partial charge on any atom is -0.454 e. The van der Waals surface area contributed by atoms with Crippen LogP contribution in [0.15, 0.2) is 24.3 Å². The minimum absolute atomic E-state index is 0.148. The number of nitrogens with one attached hydrogen (secondary N) is 2. The second-order valence-electron chi connectivity index (χ2n) is 5.00. The summed E-state index contributed by atoms with van der Waals surface area (Å²) in [6.07, 6.45) is 0. The fraction of sp³-hybridized carbons (Fsp3) is 0.333. The second-order valence-corrected chi connectivity index (χ2v) is 6.05. The summed E-state index contributed by atoms with van der Waals surface area (Å²) in [6, 6.07) is 6.51. The lowest BCUT2D eigenvalue weighted by Gasteiger charge is -2.13. The predicted octanol–water partition coefficient (Wildman–Crippen LogP) is 1.30. The molecule has 24 heavy (non-hydrogen) atoms. The normalized spacial score (nSPS) is 13.5. The van der Waals surface area contributed by atoms with E-state index in [2.05, 4.69) is 10.6 Å². The molecule has 1 heterocycles. The Bertz CT molecular complexity index is 647. The van der Waals surface area contributed by atoms with Crippen molar-refractivity contribution >= 4 is 46.2 Å². The first-order valence-electron chi connectivity index (χ1n) is 7.19. The number of ether oxygens (including phenoxy) is 1. The molecule has 0 aromatic heterocycles. The van der Waals surface area contributed by atoms with Crippen LogP contribution < -0.4 is 10.6 Å². The standard InChI is InChI=1S/C15H17N3O5S/c1-10(19)16-11-2-4-12(5-3-11)17-13(20)9-23-14(21)8-18-6-7-24-15(18)22/h2-5H,6-9H2,1H3,(H,16,19)(H,17,20). The molecule has 0 saturated carbocycles. The summed E-state index contributed by atoms with van der Waals surface area (Å²) in [4.78, 5) is 47.0. The molecule has 9 heteroatoms. The molecular formula is C15H17N3O5S. The molecule has 0 aliphatic carbocycles. The van der Waals surface area contributed by atoms with Gasteiger partial charge in [-0.1, -0.05) is 11.8 Å². The first-order valence-corrected chi connectivity index (χ1v) is 8.17. The molecule has 0 bridgehead atoms. The molecule has 0 spiro atoms. The van der Waals surface area contributed by atoms with Gasteiger partial charge in [0.25, 0.3) is 11.1 Å². The number of carbonyl (C=O) groups is 4. The van der Waals surface area contributed by atoms with Gasteiger partial charge in [0, 0.05) is 30.6 Å². The number of benzene rings is 1. The van der Waals surface area contributed by atoms with Gasteiger partial charge in [0.2, 0.25) is 5.91 Å². The molecular weight excluding hydrogens is 334 g/mol. The molecule has 1 aromatic rings. The highest BCUT2D eigenvalue weighted by atomic mass is 32.2. The van der Waals surface area contributed by atoms with Gasteiger partial charge < -0.3 is 20.3 Å². The number of anilines is 2. The molecule has 1 aliphatic rings. The zero-order valence-electron chi connectivity index (χ0n) is 13.0. The fourth-order valence-corrected chi connectivity index (χ4v) is 2.78. The number of esters is 1. The van der Waals surface area contributed by atoms with Gasteiger partial charge in [0.1, 0.15) is 6.54 Å². The van der Waals surface area contributed by atoms with E-state index in [0.29, 0.717) is 23.7 Å². The highest BCUT2D eigenvalue weighted by Crippen LogP contribution is 2.16. The smallest absolute Gasteiger partial charge is 0.326 e. The molecule has 128 valence electrons. The Morgan fingerprint density at radius 3 is 2.33 bits per heavy atom. The molecule has 1 saturated heterocycles. The number of carbonyl (C=O) groups excluding carboxylic acids is 4. The fourth-order valence-electron chi connectivity index (χ4n) is 1.95. The largest absolute Gasteiger partial charge is 0.454 e. The Morgan fingerprint density at radius 1 is 1.17 bits per heavy atom. The van der Waals surface area contributed by atoms with Crippen molar-refractivity contribution in [2.75, 3.05) is 36.1 Å². The van der Waals surface area contributed by atoms with Crippen molar-refractivity contribution in [2.45, 2.75) is 6.92 Å². The monoisotopic (exact) mass is 351 g/mol. The van der Waals surface area contributed by atoms with Gasteiger partial charge in [-0.3, -0.25) is 19.2 Å². The highest BCUT2D eigenvalue weighted by molar-refractivity contribution is 8.13. The molecule has 1 aromatic carbocycles. The van der Waals surface area contributed by atoms with Gasteiger partial charge in [-0.2, -0.15) is 0 Å². The van der Waals surface area contributed by atoms with Gasteiger partial charge in [-0.25, -0.2) is 0 Å². The number of rotatable bonds is 6. The van der Waals surface area contributed by atoms with Crippen molar-refractivity contribution in [3.05, 3.63) is 24.3 Å². The Kier molecular flexibility index (Phi) is 6.19. The third-order valence-electron chi connectivity index (χ3n) is 3.02. The van der Waals surface area contributed by atoms with E-state index in [1.165, 1.54) is 11.8 Å². The first-order chi connectivity index (χ1) is 11.4. The third kappa shape index (κ3) is 5.58. The van der Waals surface area contributed by atoms with Crippen LogP contribution >= 0.6 is 11.8 Å². The van der Waals surface area contributed by atoms with Crippen LogP contribution in [0.2, 0.25) is 0 Å². The van der Waals surface area contributed by atoms with Crippen LogP contribution in [0, 0.1) is 0 Å². The van der Waals surface area contributed by atoms with Crippen LogP contribution in [-0.4, -0.2) is 53.4 Å². The predicted molar refractivity (Wildman–Crippen MR) is 89.8 cm³/mol. The molecule has 0 radical (unpaired) electrons. The van der Waals surface area contributed by atoms with Gasteiger partial charge >= 0.3 is 5.97 Å². The summed E-state index contributed by atoms with van der Waals surface area (Å²) >= 11 is 1.15. The lowest BCUT2D eigenvalue weighted by molar-refractivity contribution is -0.147. The zero-order valence-corrected chi connectivity index (χ0v) is 13.9. The minimum atomic E-state index is -0.623. The maximum Gasteiger partial charge on any atom is 0.326 e. The molecule has 1 aliphatic heterocycles. The lowest BCUT2D eigenvalue weighted by atomic mass is 10.2. The molecule has 0 unspecified atom stereocenters. The van der Waals surface area contributed by atoms with E-state index in [1.807, 2.05) is 0 Å². The van der Waals surface area contributed by atoms with Gasteiger partial charge in [-0.15, -0.1) is 0 Å². The molecule has 1 fully saturated rings. The topological polar surface area (TPSA) is 105 Å². The molecule has 8 nitrogen and oxygen atoms in total. The lowest BCUT2D eigenvalue weighted by Crippen LogP contribution is -2.32. The van der Waals surface area contributed by atoms with Gasteiger partial charge in [0.05, 0.1) is 0 Å². The van der Waals surface area contributed by atoms with Crippen molar-refractivity contribution in [2.24, 2.45) is 0 Å². The van der Waals surface area contributed by atoms with Crippen LogP contribution in [0.25, 0.3) is 0 Å². The van der Waals surface area contributed by atoms with Crippen molar-refractivity contribution < 1.29 is 23.9 Å². The van der Waals surface area contributed by atoms with Crippen LogP contribution in [0.4, 0.5) is 16.2 Å². The summed E-state index contributed by atoms with van der Waals surface area (Å²) in [6.45, 7) is 1.33. The van der Waals surface area contributed by atoms with Crippen molar-refractivity contribution in [1.82, 2.24) is 4.90 Å². The Labute approximate surface area is 142 Å². The van der Waals surface area contributed by atoms with Gasteiger partial charge in [0.15, 0.2) is 6.61 Å². The van der Waals surface area contributed by atoms with E-state index in [4.69, 9.17) is 4.74 Å². The van der Waals surface area contributed by atoms with Crippen LogP contribution in [0.1, 0.15) is 6.92 Å². The molecule has 2 rings (SSSR count). The average Bonchev–Trinajstić information content (AvgIpc) is 2.92. The van der Waals surface area contributed by atoms with E-state index in [9.17, 15) is 19.2 Å². The Hall–Kier alpha value is -2.55. The van der Waals surface area contributed by atoms with Crippen LogP contribution in [-0.2, 0) is 19.1 Å². The highest BCUT2D eigenvalue weighted by Gasteiger charge is 2.24. The van der Waals surface area contributed by atoms with Crippen molar-refractivity contribution in [3.63, 3.8) is 0 Å². The molecule has 3 amide bonds. The summed E-state index contributed by atoms with van der Waals surface area (Å²) in [5.41, 5.74) is 1.12. The van der Waals surface area contributed by atoms with Crippen LogP contribution in [0.5, 0.6) is 0 Å². The Balaban J connectivity index is 1.73. The summed E-state index contributed by atoms with van der Waals surface area (Å²) in [5.74, 6) is -0.644. The van der Waals surface area contributed by atoms with E-state index < -0.39 is 18.5 Å². The average molecular weight is 351 g/mol. The summed E-state index contributed by atoms with van der Waals surface area (Å²) < 4.78 is 4.85. The van der Waals surface area contributed by atoms with Crippen molar-refractivity contribution in [1.29, 1.82) is 0 Å². The van der Waals surface area contributed by atoms with E-state index in [-0.39, 0.29) is 17.7 Å². The number of hydrogen-bond donors (Lipinski definition) is 2. The number of thioether (sulfide) groups is 1. The molecule has 2 N–H and O–H groups in total. The van der Waals surface area contributed by atoms with E-state index >= 15 is 0 Å². The van der Waals surface area contributed by atoms with Crippen LogP contribution in [0.3, 0.4) is 0 Å². The third-order valence-corrected chi connectivity index (χ3v) is 3.91. The molecule has 0 atom stereocenters. The maximum atomic E-state index is 11.7. The SMILES string of the molecule is CC(=O)Nc1ccc(NC(=O)COC(=O)CN2CCSC2=O)cc1. The second kappa shape index (κ2) is 8.34. The van der Waals surface area contributed by atoms with E-state index in [1.54, 1.807) is 24.3 Å². The number of nitrogens with zero attached hydrogens (tertiary/aromatic N) is 1. The van der Waals surface area contributed by atoms with Gasteiger partial charge in [-0.05, 0) is 24.3 Å². The van der Waals surface area contributed by atoms with E-state index in [0.717, 1.165) is 11.8 Å². The number of hydrogen-bond acceptors (Lipinski definition) is 6. The Morgan fingerprint density at radius 2 is 1.79 bits per heavy atom.